The van der Waals surface area contributed by atoms with Gasteiger partial charge in [0, 0.05) is 10.9 Å². The Balaban J connectivity index is 1.64. The van der Waals surface area contributed by atoms with Gasteiger partial charge in [0.05, 0.1) is 37.8 Å². The van der Waals surface area contributed by atoms with Crippen molar-refractivity contribution < 1.29 is 19.0 Å². The Morgan fingerprint density at radius 2 is 1.78 bits per heavy atom. The molecule has 1 aliphatic rings. The molecule has 1 amide bonds. The zero-order valence-electron chi connectivity index (χ0n) is 20.6. The molecule has 0 bridgehead atoms. The highest BCUT2D eigenvalue weighted by Gasteiger charge is 2.18. The van der Waals surface area contributed by atoms with Crippen LogP contribution in [0, 0.1) is 13.8 Å². The Morgan fingerprint density at radius 3 is 2.53 bits per heavy atom. The van der Waals surface area contributed by atoms with Crippen LogP contribution in [0.5, 0.6) is 17.2 Å². The molecule has 4 aromatic rings. The summed E-state index contributed by atoms with van der Waals surface area (Å²) in [6, 6.07) is 18.1. The lowest BCUT2D eigenvalue weighted by molar-refractivity contribution is -0.118. The number of rotatable bonds is 6. The van der Waals surface area contributed by atoms with Gasteiger partial charge in [-0.05, 0) is 73.0 Å². The number of nitrogens with one attached hydrogen (secondary N) is 1. The van der Waals surface area contributed by atoms with Gasteiger partial charge < -0.3 is 24.1 Å². The maximum absolute atomic E-state index is 11.9. The maximum Gasteiger partial charge on any atom is 0.262 e. The van der Waals surface area contributed by atoms with Crippen LogP contribution >= 0.6 is 11.3 Å². The average Bonchev–Trinajstić information content (AvgIpc) is 3.24. The normalized spacial score (nSPS) is 13.1. The minimum atomic E-state index is -0.159. The molecule has 184 valence electrons. The molecular weight excluding hydrogens is 474 g/mol. The molecule has 0 aliphatic carbocycles. The van der Waals surface area contributed by atoms with Crippen molar-refractivity contribution in [2.45, 2.75) is 20.4 Å². The number of hydrogen-bond acceptors (Lipinski definition) is 6. The minimum absolute atomic E-state index is 0.0308. The van der Waals surface area contributed by atoms with E-state index in [9.17, 15) is 4.79 Å². The van der Waals surface area contributed by atoms with Gasteiger partial charge in [0.1, 0.15) is 5.75 Å². The van der Waals surface area contributed by atoms with E-state index in [0.717, 1.165) is 27.3 Å². The number of carbonyl (C=O) groups is 1. The van der Waals surface area contributed by atoms with E-state index in [-0.39, 0.29) is 12.5 Å². The first-order valence-corrected chi connectivity index (χ1v) is 12.4. The molecule has 0 unspecified atom stereocenters. The molecule has 2 heterocycles. The number of nitrogens with zero attached hydrogens (tertiary/aromatic N) is 2. The van der Waals surface area contributed by atoms with Gasteiger partial charge in [-0.3, -0.25) is 4.79 Å². The molecule has 1 N–H and O–H groups in total. The highest BCUT2D eigenvalue weighted by molar-refractivity contribution is 7.07. The third kappa shape index (κ3) is 4.85. The zero-order valence-corrected chi connectivity index (χ0v) is 21.4. The highest BCUT2D eigenvalue weighted by Crippen LogP contribution is 2.34. The summed E-state index contributed by atoms with van der Waals surface area (Å²) in [7, 11) is 3.26. The lowest BCUT2D eigenvalue weighted by Gasteiger charge is -2.19. The summed E-state index contributed by atoms with van der Waals surface area (Å²) in [5.74, 6) is 1.87. The number of anilines is 1. The number of aryl methyl sites for hydroxylation is 2. The maximum atomic E-state index is 11.9. The van der Waals surface area contributed by atoms with Gasteiger partial charge in [-0.25, -0.2) is 4.99 Å². The highest BCUT2D eigenvalue weighted by atomic mass is 32.1. The molecule has 0 fully saturated rings. The van der Waals surface area contributed by atoms with Crippen LogP contribution in [0.2, 0.25) is 0 Å². The van der Waals surface area contributed by atoms with E-state index in [1.165, 1.54) is 11.1 Å². The molecule has 5 rings (SSSR count). The second-order valence-corrected chi connectivity index (χ2v) is 9.52. The Morgan fingerprint density at radius 1 is 1.00 bits per heavy atom. The lowest BCUT2D eigenvalue weighted by Crippen LogP contribution is -2.25. The molecule has 0 atom stereocenters. The predicted octanol–water partition coefficient (Wildman–Crippen LogP) is 5.46. The Hall–Kier alpha value is -4.04. The number of hydrogen-bond donors (Lipinski definition) is 1. The topological polar surface area (TPSA) is 74.1 Å². The van der Waals surface area contributed by atoms with E-state index >= 15 is 0 Å². The van der Waals surface area contributed by atoms with E-state index in [0.29, 0.717) is 29.5 Å². The SMILES string of the molecule is COc1ccc(Cn2c(-c3ccc4c(c3)NC(=O)CO4)csc2=Nc2cc(C)cc(C)c2)cc1OC. The van der Waals surface area contributed by atoms with Crippen molar-refractivity contribution in [2.75, 3.05) is 26.1 Å². The molecule has 1 aromatic heterocycles. The van der Waals surface area contributed by atoms with Gasteiger partial charge in [-0.2, -0.15) is 0 Å². The smallest absolute Gasteiger partial charge is 0.262 e. The standard InChI is InChI=1S/C28H27N3O4S/c1-17-9-18(2)11-21(10-17)29-28-31(14-19-5-7-25(33-3)26(12-19)34-4)23(16-36-28)20-6-8-24-22(13-20)30-27(32)15-35-24/h5-13,16H,14-15H2,1-4H3,(H,30,32). The van der Waals surface area contributed by atoms with E-state index in [1.54, 1.807) is 25.6 Å². The third-order valence-electron chi connectivity index (χ3n) is 5.93. The first-order chi connectivity index (χ1) is 17.4. The summed E-state index contributed by atoms with van der Waals surface area (Å²) in [5, 5.41) is 5.00. The molecule has 8 heteroatoms. The number of carbonyl (C=O) groups excluding carboxylic acids is 1. The number of benzene rings is 3. The first kappa shape index (κ1) is 23.7. The van der Waals surface area contributed by atoms with Crippen LogP contribution < -0.4 is 24.3 Å². The predicted molar refractivity (Wildman–Crippen MR) is 142 cm³/mol. The van der Waals surface area contributed by atoms with E-state index in [1.807, 2.05) is 36.4 Å². The fourth-order valence-electron chi connectivity index (χ4n) is 4.33. The molecule has 3 aromatic carbocycles. The van der Waals surface area contributed by atoms with Gasteiger partial charge in [0.2, 0.25) is 0 Å². The van der Waals surface area contributed by atoms with E-state index in [2.05, 4.69) is 47.3 Å². The third-order valence-corrected chi connectivity index (χ3v) is 6.79. The van der Waals surface area contributed by atoms with Crippen LogP contribution in [0.25, 0.3) is 11.3 Å². The number of methoxy groups -OCH3 is 2. The van der Waals surface area contributed by atoms with Crippen molar-refractivity contribution in [1.29, 1.82) is 0 Å². The summed E-state index contributed by atoms with van der Waals surface area (Å²) < 4.78 is 18.7. The molecule has 0 radical (unpaired) electrons. The van der Waals surface area contributed by atoms with Crippen molar-refractivity contribution in [3.8, 4) is 28.5 Å². The van der Waals surface area contributed by atoms with Crippen LogP contribution in [0.3, 0.4) is 0 Å². The van der Waals surface area contributed by atoms with Crippen molar-refractivity contribution in [1.82, 2.24) is 4.57 Å². The van der Waals surface area contributed by atoms with Crippen LogP contribution in [0.1, 0.15) is 16.7 Å². The first-order valence-electron chi connectivity index (χ1n) is 11.5. The quantitative estimate of drug-likeness (QED) is 0.381. The van der Waals surface area contributed by atoms with Gasteiger partial charge in [-0.15, -0.1) is 11.3 Å². The Labute approximate surface area is 213 Å². The summed E-state index contributed by atoms with van der Waals surface area (Å²) in [6.07, 6.45) is 0. The summed E-state index contributed by atoms with van der Waals surface area (Å²) in [4.78, 5) is 17.8. The molecule has 0 saturated carbocycles. The second kappa shape index (κ2) is 9.91. The number of amides is 1. The largest absolute Gasteiger partial charge is 0.493 e. The minimum Gasteiger partial charge on any atom is -0.493 e. The van der Waals surface area contributed by atoms with Crippen LogP contribution in [-0.4, -0.2) is 31.3 Å². The second-order valence-electron chi connectivity index (χ2n) is 8.68. The Kier molecular flexibility index (Phi) is 6.52. The molecular formula is C28H27N3O4S. The molecule has 0 saturated heterocycles. The average molecular weight is 502 g/mol. The summed E-state index contributed by atoms with van der Waals surface area (Å²) >= 11 is 1.57. The van der Waals surface area contributed by atoms with E-state index in [4.69, 9.17) is 19.2 Å². The fraction of sp³-hybridized carbons (Fsp3) is 0.214. The molecule has 1 aliphatic heterocycles. The van der Waals surface area contributed by atoms with Crippen molar-refractivity contribution in [2.24, 2.45) is 4.99 Å². The number of ether oxygens (including phenoxy) is 3. The van der Waals surface area contributed by atoms with Crippen LogP contribution in [0.4, 0.5) is 11.4 Å². The van der Waals surface area contributed by atoms with Gasteiger partial charge in [0.25, 0.3) is 5.91 Å². The van der Waals surface area contributed by atoms with Crippen molar-refractivity contribution in [3.05, 3.63) is 81.5 Å². The molecule has 36 heavy (non-hydrogen) atoms. The van der Waals surface area contributed by atoms with Gasteiger partial charge in [0.15, 0.2) is 22.9 Å². The zero-order chi connectivity index (χ0) is 25.2. The summed E-state index contributed by atoms with van der Waals surface area (Å²) in [5.41, 5.74) is 6.90. The number of fused-ring (bicyclic) bond motifs is 1. The van der Waals surface area contributed by atoms with E-state index < -0.39 is 0 Å². The lowest BCUT2D eigenvalue weighted by atomic mass is 10.1. The van der Waals surface area contributed by atoms with Crippen molar-refractivity contribution >= 4 is 28.6 Å². The van der Waals surface area contributed by atoms with Crippen LogP contribution in [-0.2, 0) is 11.3 Å². The van der Waals surface area contributed by atoms with Gasteiger partial charge in [-0.1, -0.05) is 12.1 Å². The Bertz CT molecular complexity index is 1500. The van der Waals surface area contributed by atoms with Crippen LogP contribution in [0.15, 0.2) is 65.0 Å². The molecule has 7 nitrogen and oxygen atoms in total. The van der Waals surface area contributed by atoms with Gasteiger partial charge >= 0.3 is 0 Å². The van der Waals surface area contributed by atoms with Crippen molar-refractivity contribution in [3.63, 3.8) is 0 Å². The summed E-state index contributed by atoms with van der Waals surface area (Å²) in [6.45, 7) is 4.76. The monoisotopic (exact) mass is 501 g/mol. The number of aromatic nitrogens is 1. The number of thiazole rings is 1. The molecule has 0 spiro atoms. The fourth-order valence-corrected chi connectivity index (χ4v) is 5.26.